The third-order valence-electron chi connectivity index (χ3n) is 11.4. The Labute approximate surface area is 282 Å². The zero-order valence-corrected chi connectivity index (χ0v) is 32.6. The number of allylic oxidation sites excluding steroid dienone is 4. The molecule has 0 amide bonds. The van der Waals surface area contributed by atoms with E-state index in [1.807, 2.05) is 0 Å². The Kier molecular flexibility index (Phi) is 8.64. The average molecular weight is 676 g/mol. The summed E-state index contributed by atoms with van der Waals surface area (Å²) in [4.78, 5) is 0. The van der Waals surface area contributed by atoms with Gasteiger partial charge in [0, 0.05) is 0 Å². The average Bonchev–Trinajstić information content (AvgIpc) is 3.53. The first-order chi connectivity index (χ1) is 21.1. The van der Waals surface area contributed by atoms with E-state index in [9.17, 15) is 0 Å². The van der Waals surface area contributed by atoms with Crippen LogP contribution in [0, 0.1) is 25.2 Å². The van der Waals surface area contributed by atoms with Gasteiger partial charge in [-0.25, -0.2) is 0 Å². The van der Waals surface area contributed by atoms with Crippen molar-refractivity contribution in [1.82, 2.24) is 0 Å². The quantitative estimate of drug-likeness (QED) is 0.202. The number of fused-ring (bicyclic) bond motifs is 3. The molecular weight excluding hydrogens is 620 g/mol. The van der Waals surface area contributed by atoms with Gasteiger partial charge in [-0.3, -0.25) is 0 Å². The van der Waals surface area contributed by atoms with Gasteiger partial charge in [0.05, 0.1) is 0 Å². The van der Waals surface area contributed by atoms with E-state index in [0.29, 0.717) is 11.3 Å². The summed E-state index contributed by atoms with van der Waals surface area (Å²) >= 11 is -2.64. The zero-order valence-electron chi connectivity index (χ0n) is 30.1. The van der Waals surface area contributed by atoms with Crippen LogP contribution in [0.1, 0.15) is 133 Å². The van der Waals surface area contributed by atoms with Crippen LogP contribution in [-0.4, -0.2) is 3.21 Å². The van der Waals surface area contributed by atoms with Crippen molar-refractivity contribution in [3.8, 4) is 11.1 Å². The van der Waals surface area contributed by atoms with Crippen LogP contribution in [0.5, 0.6) is 0 Å². The fourth-order valence-corrected chi connectivity index (χ4v) is 17.3. The fourth-order valence-electron chi connectivity index (χ4n) is 8.92. The molecule has 1 fully saturated rings. The first kappa shape index (κ1) is 32.8. The van der Waals surface area contributed by atoms with Gasteiger partial charge < -0.3 is 0 Å². The summed E-state index contributed by atoms with van der Waals surface area (Å²) in [5.41, 5.74) is 15.9. The van der Waals surface area contributed by atoms with Gasteiger partial charge >= 0.3 is 284 Å². The van der Waals surface area contributed by atoms with Gasteiger partial charge in [0.1, 0.15) is 0 Å². The number of aryl methyl sites for hydroxylation is 1. The number of benzene rings is 3. The van der Waals surface area contributed by atoms with Crippen LogP contribution in [0.25, 0.3) is 11.1 Å². The molecule has 1 saturated carbocycles. The van der Waals surface area contributed by atoms with E-state index in [0.717, 1.165) is 6.42 Å². The Bertz CT molecular complexity index is 1740. The molecule has 0 aromatic heterocycles. The second-order valence-corrected chi connectivity index (χ2v) is 23.3. The van der Waals surface area contributed by atoms with Crippen LogP contribution in [0.2, 0.25) is 0 Å². The molecule has 3 aliphatic carbocycles. The molecule has 1 heteroatoms. The van der Waals surface area contributed by atoms with E-state index in [1.54, 1.807) is 32.0 Å². The van der Waals surface area contributed by atoms with E-state index in [4.69, 9.17) is 0 Å². The van der Waals surface area contributed by atoms with Gasteiger partial charge in [-0.15, -0.1) is 0 Å². The van der Waals surface area contributed by atoms with E-state index in [-0.39, 0.29) is 10.8 Å². The van der Waals surface area contributed by atoms with Gasteiger partial charge in [-0.2, -0.15) is 0 Å². The fraction of sp³-hybridized carbons (Fsp3) is 0.477. The van der Waals surface area contributed by atoms with Crippen molar-refractivity contribution >= 4 is 6.48 Å². The Morgan fingerprint density at radius 2 is 1.44 bits per heavy atom. The summed E-state index contributed by atoms with van der Waals surface area (Å²) < 4.78 is 5.24. The van der Waals surface area contributed by atoms with E-state index < -0.39 is 21.3 Å². The second-order valence-electron chi connectivity index (χ2n) is 16.9. The predicted octanol–water partition coefficient (Wildman–Crippen LogP) is 11.4. The minimum atomic E-state index is -2.64. The van der Waals surface area contributed by atoms with E-state index in [1.165, 1.54) is 65.5 Å². The first-order valence-corrected chi connectivity index (χ1v) is 21.3. The van der Waals surface area contributed by atoms with Crippen molar-refractivity contribution in [1.29, 1.82) is 0 Å². The molecular formula is C44H56Zr. The van der Waals surface area contributed by atoms with Gasteiger partial charge in [-0.1, -0.05) is 0 Å². The van der Waals surface area contributed by atoms with Crippen LogP contribution < -0.4 is 3.27 Å². The molecule has 0 radical (unpaired) electrons. The Morgan fingerprint density at radius 3 is 2.07 bits per heavy atom. The third kappa shape index (κ3) is 5.95. The summed E-state index contributed by atoms with van der Waals surface area (Å²) in [6.45, 7) is 26.8. The summed E-state index contributed by atoms with van der Waals surface area (Å²) in [7, 11) is 0. The molecule has 3 aliphatic rings. The summed E-state index contributed by atoms with van der Waals surface area (Å²) in [5.74, 6) is 0.513. The van der Waals surface area contributed by atoms with E-state index in [2.05, 4.69) is 137 Å². The number of hydrogen-bond acceptors (Lipinski definition) is 0. The molecule has 0 bridgehead atoms. The number of hydrogen-bond donors (Lipinski definition) is 0. The second kappa shape index (κ2) is 11.8. The first-order valence-electron chi connectivity index (χ1n) is 17.6. The molecule has 6 rings (SSSR count). The van der Waals surface area contributed by atoms with Crippen LogP contribution in [0.4, 0.5) is 0 Å². The molecule has 3 aromatic rings. The molecule has 45 heavy (non-hydrogen) atoms. The Balaban J connectivity index is 1.66. The molecule has 0 spiro atoms. The predicted molar refractivity (Wildman–Crippen MR) is 194 cm³/mol. The Morgan fingerprint density at radius 1 is 0.822 bits per heavy atom. The van der Waals surface area contributed by atoms with E-state index >= 15 is 0 Å². The van der Waals surface area contributed by atoms with Crippen molar-refractivity contribution in [2.75, 3.05) is 0 Å². The molecule has 0 saturated heterocycles. The van der Waals surface area contributed by atoms with Crippen molar-refractivity contribution < 1.29 is 21.3 Å². The Hall–Kier alpha value is -2.11. The van der Waals surface area contributed by atoms with Crippen molar-refractivity contribution in [3.05, 3.63) is 108 Å². The third-order valence-corrected chi connectivity index (χ3v) is 19.8. The summed E-state index contributed by atoms with van der Waals surface area (Å²) in [5, 5.41) is 0. The standard InChI is InChI=1S/C23H29.C13H19.C8H8.Zr/c1-14-9-16-11-17-10-15(2)21(23(6,7)8)13-19(17)18(16)12-20(14)22(3,4)5;1-11-6-7-12(10-11)13(2)8-4-3-5-9-13;1-2-8-6-4-3-5-7-8;/h9,12-13H,11H2,1-8H3;7,10-11H,3-5,8-9H2,1-2H3;3-7H,1H3;. The molecule has 3 aromatic carbocycles. The maximum atomic E-state index is 2.76. The van der Waals surface area contributed by atoms with Crippen LogP contribution >= 0.6 is 0 Å². The summed E-state index contributed by atoms with van der Waals surface area (Å²) in [6, 6.07) is 19.1. The summed E-state index contributed by atoms with van der Waals surface area (Å²) in [6.07, 6.45) is 13.4. The van der Waals surface area contributed by atoms with Crippen molar-refractivity contribution in [3.63, 3.8) is 0 Å². The van der Waals surface area contributed by atoms with Crippen LogP contribution in [-0.2, 0) is 38.5 Å². The molecule has 0 heterocycles. The molecule has 0 nitrogen and oxygen atoms in total. The van der Waals surface area contributed by atoms with Gasteiger partial charge in [0.2, 0.25) is 0 Å². The van der Waals surface area contributed by atoms with Gasteiger partial charge in [-0.05, 0) is 0 Å². The SMILES string of the molecule is C/[C](c1ccccc1)=[Zr](\[C]1=CC(C2(C)CCCCC2)=CC1C)[c]1c(C)c(C(C)(C)C)cc2c1Cc1cc(C)c(C(C)(C)C)cc1-2. The monoisotopic (exact) mass is 674 g/mol. The van der Waals surface area contributed by atoms with Gasteiger partial charge in [0.25, 0.3) is 0 Å². The topological polar surface area (TPSA) is 0 Å². The van der Waals surface area contributed by atoms with Crippen molar-refractivity contribution in [2.24, 2.45) is 11.3 Å². The molecule has 1 unspecified atom stereocenters. The molecule has 0 N–H and O–H groups in total. The minimum absolute atomic E-state index is 0.0811. The zero-order chi connectivity index (χ0) is 32.5. The molecule has 236 valence electrons. The van der Waals surface area contributed by atoms with Crippen LogP contribution in [0.15, 0.2) is 69.5 Å². The maximum absolute atomic E-state index is 2.76. The number of rotatable bonds is 4. The van der Waals surface area contributed by atoms with Gasteiger partial charge in [0.15, 0.2) is 0 Å². The normalized spacial score (nSPS) is 19.9. The van der Waals surface area contributed by atoms with Crippen LogP contribution in [0.3, 0.4) is 0 Å². The van der Waals surface area contributed by atoms with Crippen molar-refractivity contribution in [2.45, 2.75) is 126 Å². The molecule has 1 atom stereocenters. The molecule has 0 aliphatic heterocycles.